The van der Waals surface area contributed by atoms with E-state index >= 15 is 0 Å². The third-order valence-electron chi connectivity index (χ3n) is 10.9. The number of unbranched alkanes of at least 4 members (excludes halogenated alkanes) is 23. The normalized spacial score (nSPS) is 12.6. The lowest BCUT2D eigenvalue weighted by Crippen LogP contribution is -2.30. The van der Waals surface area contributed by atoms with Crippen molar-refractivity contribution < 1.29 is 28.6 Å². The molecule has 0 saturated carbocycles. The van der Waals surface area contributed by atoms with E-state index in [1.807, 2.05) is 0 Å². The van der Waals surface area contributed by atoms with Gasteiger partial charge in [0.1, 0.15) is 13.2 Å². The number of carbonyl (C=O) groups excluding carboxylic acids is 3. The third-order valence-corrected chi connectivity index (χ3v) is 10.9. The molecular weight excluding hydrogens is 769 g/mol. The van der Waals surface area contributed by atoms with Crippen LogP contribution in [0.3, 0.4) is 0 Å². The molecule has 6 nitrogen and oxygen atoms in total. The number of carbonyl (C=O) groups is 3. The summed E-state index contributed by atoms with van der Waals surface area (Å²) in [6.07, 6.45) is 63.4. The van der Waals surface area contributed by atoms with Crippen LogP contribution in [0.1, 0.15) is 245 Å². The molecule has 0 aromatic rings. The molecular formula is C56H96O6. The van der Waals surface area contributed by atoms with Crippen molar-refractivity contribution in [2.45, 2.75) is 252 Å². The Kier molecular flexibility index (Phi) is 47.9. The van der Waals surface area contributed by atoms with Crippen LogP contribution in [0.4, 0.5) is 0 Å². The molecule has 0 saturated heterocycles. The van der Waals surface area contributed by atoms with E-state index in [2.05, 4.69) is 93.7 Å². The van der Waals surface area contributed by atoms with Gasteiger partial charge in [-0.15, -0.1) is 0 Å². The van der Waals surface area contributed by atoms with E-state index in [1.165, 1.54) is 103 Å². The van der Waals surface area contributed by atoms with Gasteiger partial charge in [-0.25, -0.2) is 0 Å². The highest BCUT2D eigenvalue weighted by molar-refractivity contribution is 5.71. The summed E-state index contributed by atoms with van der Waals surface area (Å²) in [5.74, 6) is -0.916. The molecule has 0 fully saturated rings. The van der Waals surface area contributed by atoms with Gasteiger partial charge >= 0.3 is 17.9 Å². The minimum atomic E-state index is -0.782. The molecule has 0 radical (unpaired) electrons. The fourth-order valence-electron chi connectivity index (χ4n) is 7.05. The maximum atomic E-state index is 12.7. The molecule has 0 N–H and O–H groups in total. The van der Waals surface area contributed by atoms with Crippen molar-refractivity contribution in [3.63, 3.8) is 0 Å². The van der Waals surface area contributed by atoms with Gasteiger partial charge in [0.05, 0.1) is 0 Å². The van der Waals surface area contributed by atoms with Crippen LogP contribution < -0.4 is 0 Å². The SMILES string of the molecule is CC/C=C\C/C=C\C/C=C\CCCCCCCCCC(=O)OC(COC(=O)CCCCCCCC)COC(=O)CCCCCCCC/C=C\C/C=C\C/C=C\CCCCCCC. The molecule has 0 aromatic heterocycles. The summed E-state index contributed by atoms with van der Waals surface area (Å²) in [6, 6.07) is 0. The van der Waals surface area contributed by atoms with Gasteiger partial charge in [-0.2, -0.15) is 0 Å². The molecule has 0 spiro atoms. The third kappa shape index (κ3) is 47.9. The van der Waals surface area contributed by atoms with Gasteiger partial charge in [0, 0.05) is 19.3 Å². The first-order chi connectivity index (χ1) is 30.5. The monoisotopic (exact) mass is 865 g/mol. The Hall–Kier alpha value is -3.15. The molecule has 0 heterocycles. The van der Waals surface area contributed by atoms with Crippen LogP contribution in [0.5, 0.6) is 0 Å². The average molecular weight is 865 g/mol. The quantitative estimate of drug-likeness (QED) is 0.0262. The van der Waals surface area contributed by atoms with E-state index in [0.717, 1.165) is 103 Å². The van der Waals surface area contributed by atoms with E-state index in [9.17, 15) is 14.4 Å². The Bertz CT molecular complexity index is 1180. The number of hydrogen-bond donors (Lipinski definition) is 0. The fourth-order valence-corrected chi connectivity index (χ4v) is 7.05. The lowest BCUT2D eigenvalue weighted by Gasteiger charge is -2.18. The van der Waals surface area contributed by atoms with Gasteiger partial charge in [-0.3, -0.25) is 14.4 Å². The van der Waals surface area contributed by atoms with Crippen LogP contribution in [-0.4, -0.2) is 37.2 Å². The minimum Gasteiger partial charge on any atom is -0.462 e. The Balaban J connectivity index is 4.25. The molecule has 0 bridgehead atoms. The van der Waals surface area contributed by atoms with Crippen LogP contribution in [0.25, 0.3) is 0 Å². The zero-order chi connectivity index (χ0) is 45.1. The molecule has 0 aliphatic rings. The van der Waals surface area contributed by atoms with E-state index in [4.69, 9.17) is 14.2 Å². The number of rotatable bonds is 46. The molecule has 1 unspecified atom stereocenters. The number of esters is 3. The Morgan fingerprint density at radius 1 is 0.339 bits per heavy atom. The highest BCUT2D eigenvalue weighted by Crippen LogP contribution is 2.14. The molecule has 0 aliphatic heterocycles. The van der Waals surface area contributed by atoms with Gasteiger partial charge in [0.2, 0.25) is 0 Å². The first-order valence-electron chi connectivity index (χ1n) is 25.9. The standard InChI is InChI=1S/C56H96O6/c1-4-7-10-13-16-18-20-22-24-26-27-28-29-31-32-34-36-38-40-43-46-49-55(58)61-52-53(51-60-54(57)48-45-42-15-12-9-6-3)62-56(59)50-47-44-41-39-37-35-33-30-25-23-21-19-17-14-11-8-5-2/h8,11,17,19-20,22-23,25-27,29,31,53H,4-7,9-10,12-16,18,21,24,28,30,32-52H2,1-3H3/b11-8-,19-17-,22-20-,25-23-,27-26-,31-29-. The van der Waals surface area contributed by atoms with Crippen LogP contribution in [0.15, 0.2) is 72.9 Å². The number of hydrogen-bond acceptors (Lipinski definition) is 6. The van der Waals surface area contributed by atoms with E-state index in [0.29, 0.717) is 19.3 Å². The zero-order valence-electron chi connectivity index (χ0n) is 40.6. The zero-order valence-corrected chi connectivity index (χ0v) is 40.6. The Morgan fingerprint density at radius 2 is 0.629 bits per heavy atom. The highest BCUT2D eigenvalue weighted by atomic mass is 16.6. The summed E-state index contributed by atoms with van der Waals surface area (Å²) >= 11 is 0. The van der Waals surface area contributed by atoms with Crippen molar-refractivity contribution in [1.82, 2.24) is 0 Å². The summed E-state index contributed by atoms with van der Waals surface area (Å²) in [5.41, 5.74) is 0. The van der Waals surface area contributed by atoms with Gasteiger partial charge in [0.25, 0.3) is 0 Å². The Labute approximate surface area is 382 Å². The molecule has 1 atom stereocenters. The maximum absolute atomic E-state index is 12.7. The van der Waals surface area contributed by atoms with Crippen LogP contribution in [0, 0.1) is 0 Å². The number of ether oxygens (including phenoxy) is 3. The molecule has 0 aromatic carbocycles. The van der Waals surface area contributed by atoms with Gasteiger partial charge in [0.15, 0.2) is 6.10 Å². The minimum absolute atomic E-state index is 0.0843. The molecule has 356 valence electrons. The van der Waals surface area contributed by atoms with Crippen molar-refractivity contribution >= 4 is 17.9 Å². The topological polar surface area (TPSA) is 78.9 Å². The predicted molar refractivity (Wildman–Crippen MR) is 265 cm³/mol. The second-order valence-electron chi connectivity index (χ2n) is 17.1. The van der Waals surface area contributed by atoms with Crippen molar-refractivity contribution in [3.05, 3.63) is 72.9 Å². The predicted octanol–water partition coefficient (Wildman–Crippen LogP) is 17.0. The summed E-state index contributed by atoms with van der Waals surface area (Å²) in [7, 11) is 0. The summed E-state index contributed by atoms with van der Waals surface area (Å²) in [6.45, 7) is 6.44. The highest BCUT2D eigenvalue weighted by Gasteiger charge is 2.19. The molecule has 62 heavy (non-hydrogen) atoms. The number of allylic oxidation sites excluding steroid dienone is 12. The summed E-state index contributed by atoms with van der Waals surface area (Å²) in [4.78, 5) is 37.8. The fraction of sp³-hybridized carbons (Fsp3) is 0.732. The van der Waals surface area contributed by atoms with Crippen LogP contribution in [0.2, 0.25) is 0 Å². The first-order valence-corrected chi connectivity index (χ1v) is 25.9. The van der Waals surface area contributed by atoms with Crippen LogP contribution >= 0.6 is 0 Å². The smallest absolute Gasteiger partial charge is 0.306 e. The van der Waals surface area contributed by atoms with E-state index in [-0.39, 0.29) is 31.1 Å². The lowest BCUT2D eigenvalue weighted by atomic mass is 10.1. The molecule has 0 amide bonds. The first kappa shape index (κ1) is 58.9. The molecule has 0 rings (SSSR count). The van der Waals surface area contributed by atoms with E-state index in [1.54, 1.807) is 0 Å². The van der Waals surface area contributed by atoms with Gasteiger partial charge in [-0.05, 0) is 89.9 Å². The second-order valence-corrected chi connectivity index (χ2v) is 17.1. The lowest BCUT2D eigenvalue weighted by molar-refractivity contribution is -0.167. The second kappa shape index (κ2) is 50.5. The molecule has 0 aliphatic carbocycles. The Morgan fingerprint density at radius 3 is 0.984 bits per heavy atom. The van der Waals surface area contributed by atoms with E-state index < -0.39 is 6.10 Å². The van der Waals surface area contributed by atoms with Crippen molar-refractivity contribution in [2.24, 2.45) is 0 Å². The van der Waals surface area contributed by atoms with Crippen molar-refractivity contribution in [2.75, 3.05) is 13.2 Å². The summed E-state index contributed by atoms with van der Waals surface area (Å²) < 4.78 is 16.7. The van der Waals surface area contributed by atoms with Crippen molar-refractivity contribution in [3.8, 4) is 0 Å². The summed E-state index contributed by atoms with van der Waals surface area (Å²) in [5, 5.41) is 0. The van der Waals surface area contributed by atoms with Crippen LogP contribution in [-0.2, 0) is 28.6 Å². The van der Waals surface area contributed by atoms with Gasteiger partial charge in [-0.1, -0.05) is 209 Å². The average Bonchev–Trinajstić information content (AvgIpc) is 3.27. The van der Waals surface area contributed by atoms with Crippen molar-refractivity contribution in [1.29, 1.82) is 0 Å². The van der Waals surface area contributed by atoms with Gasteiger partial charge < -0.3 is 14.2 Å². The largest absolute Gasteiger partial charge is 0.462 e. The maximum Gasteiger partial charge on any atom is 0.306 e. The molecule has 6 heteroatoms.